The number of hydrogen-bond acceptors (Lipinski definition) is 5. The second-order valence-corrected chi connectivity index (χ2v) is 6.34. The molecule has 2 unspecified atom stereocenters. The van der Waals surface area contributed by atoms with Gasteiger partial charge >= 0.3 is 0 Å². The van der Waals surface area contributed by atoms with Gasteiger partial charge in [-0.05, 0) is 24.5 Å². The summed E-state index contributed by atoms with van der Waals surface area (Å²) in [4.78, 5) is 18.2. The molecule has 1 saturated heterocycles. The number of rotatable bonds is 3. The Labute approximate surface area is 127 Å². The van der Waals surface area contributed by atoms with Crippen molar-refractivity contribution < 1.29 is 14.3 Å². The van der Waals surface area contributed by atoms with Crippen molar-refractivity contribution >= 4 is 28.8 Å². The van der Waals surface area contributed by atoms with E-state index in [4.69, 9.17) is 4.42 Å². The van der Waals surface area contributed by atoms with Gasteiger partial charge in [0, 0.05) is 13.1 Å². The lowest BCUT2D eigenvalue weighted by Gasteiger charge is -2.34. The highest BCUT2D eigenvalue weighted by molar-refractivity contribution is 7.99. The maximum absolute atomic E-state index is 12.2. The van der Waals surface area contributed by atoms with Crippen molar-refractivity contribution in [1.82, 2.24) is 9.88 Å². The lowest BCUT2D eigenvalue weighted by atomic mass is 9.96. The van der Waals surface area contributed by atoms with Crippen LogP contribution in [-0.2, 0) is 4.79 Å². The van der Waals surface area contributed by atoms with E-state index < -0.39 is 6.10 Å². The van der Waals surface area contributed by atoms with E-state index in [1.807, 2.05) is 31.2 Å². The van der Waals surface area contributed by atoms with Crippen LogP contribution in [0.1, 0.15) is 13.3 Å². The first-order chi connectivity index (χ1) is 10.1. The minimum Gasteiger partial charge on any atom is -0.431 e. The molecule has 1 fully saturated rings. The molecule has 0 bridgehead atoms. The van der Waals surface area contributed by atoms with Crippen LogP contribution in [0, 0.1) is 5.92 Å². The summed E-state index contributed by atoms with van der Waals surface area (Å²) in [5, 5.41) is 10.4. The molecule has 1 N–H and O–H groups in total. The van der Waals surface area contributed by atoms with E-state index >= 15 is 0 Å². The van der Waals surface area contributed by atoms with E-state index in [-0.39, 0.29) is 17.6 Å². The fraction of sp³-hybridized carbons (Fsp3) is 0.467. The number of carbonyl (C=O) groups is 1. The zero-order chi connectivity index (χ0) is 14.8. The Morgan fingerprint density at radius 1 is 1.52 bits per heavy atom. The molecule has 112 valence electrons. The van der Waals surface area contributed by atoms with E-state index in [9.17, 15) is 9.90 Å². The Balaban J connectivity index is 1.58. The summed E-state index contributed by atoms with van der Waals surface area (Å²) in [7, 11) is 0. The lowest BCUT2D eigenvalue weighted by Crippen LogP contribution is -2.46. The van der Waals surface area contributed by atoms with Crippen molar-refractivity contribution in [3.05, 3.63) is 24.3 Å². The van der Waals surface area contributed by atoms with E-state index in [1.54, 1.807) is 4.90 Å². The first kappa shape index (κ1) is 14.4. The molecule has 0 aliphatic carbocycles. The van der Waals surface area contributed by atoms with E-state index in [0.717, 1.165) is 17.5 Å². The smallest absolute Gasteiger partial charge is 0.257 e. The summed E-state index contributed by atoms with van der Waals surface area (Å²) in [5.41, 5.74) is 1.53. The molecule has 1 aliphatic heterocycles. The molecule has 2 aromatic rings. The largest absolute Gasteiger partial charge is 0.431 e. The quantitative estimate of drug-likeness (QED) is 0.880. The minimum atomic E-state index is -0.419. The van der Waals surface area contributed by atoms with Crippen molar-refractivity contribution in [2.45, 2.75) is 24.7 Å². The molecule has 1 aromatic carbocycles. The Morgan fingerprint density at radius 3 is 3.10 bits per heavy atom. The zero-order valence-electron chi connectivity index (χ0n) is 11.9. The normalized spacial score (nSPS) is 22.7. The maximum atomic E-state index is 12.2. The number of para-hydroxylation sites is 2. The second-order valence-electron chi connectivity index (χ2n) is 5.41. The highest BCUT2D eigenvalue weighted by Gasteiger charge is 2.27. The average molecular weight is 306 g/mol. The number of amides is 1. The van der Waals surface area contributed by atoms with Gasteiger partial charge in [0.05, 0.1) is 11.9 Å². The van der Waals surface area contributed by atoms with Crippen LogP contribution in [0.15, 0.2) is 33.9 Å². The van der Waals surface area contributed by atoms with Crippen molar-refractivity contribution in [1.29, 1.82) is 0 Å². The summed E-state index contributed by atoms with van der Waals surface area (Å²) >= 11 is 1.30. The number of thioether (sulfide) groups is 1. The van der Waals surface area contributed by atoms with Gasteiger partial charge in [-0.1, -0.05) is 30.8 Å². The van der Waals surface area contributed by atoms with Gasteiger partial charge in [-0.2, -0.15) is 0 Å². The third-order valence-electron chi connectivity index (χ3n) is 3.86. The molecule has 2 atom stereocenters. The molecule has 0 spiro atoms. The van der Waals surface area contributed by atoms with Crippen LogP contribution in [0.4, 0.5) is 0 Å². The Kier molecular flexibility index (Phi) is 4.17. The van der Waals surface area contributed by atoms with Crippen LogP contribution in [0.25, 0.3) is 11.1 Å². The van der Waals surface area contributed by atoms with Crippen molar-refractivity contribution in [3.63, 3.8) is 0 Å². The van der Waals surface area contributed by atoms with Crippen molar-refractivity contribution in [2.24, 2.45) is 5.92 Å². The van der Waals surface area contributed by atoms with Crippen LogP contribution < -0.4 is 0 Å². The average Bonchev–Trinajstić information content (AvgIpc) is 2.90. The third-order valence-corrected chi connectivity index (χ3v) is 4.68. The highest BCUT2D eigenvalue weighted by Crippen LogP contribution is 2.24. The minimum absolute atomic E-state index is 0.0215. The molecule has 1 aromatic heterocycles. The number of aliphatic hydroxyl groups is 1. The number of β-amino-alcohol motifs (C(OH)–C–C–N with tert-alkyl or cyclic N) is 1. The number of aromatic nitrogens is 1. The summed E-state index contributed by atoms with van der Waals surface area (Å²) in [6.45, 7) is 3.15. The molecule has 0 radical (unpaired) electrons. The number of nitrogens with zero attached hydrogens (tertiary/aromatic N) is 2. The number of hydrogen-bond donors (Lipinski definition) is 1. The summed E-state index contributed by atoms with van der Waals surface area (Å²) in [6, 6.07) is 7.54. The van der Waals surface area contributed by atoms with Gasteiger partial charge in [0.25, 0.3) is 5.22 Å². The number of piperidine rings is 1. The molecule has 21 heavy (non-hydrogen) atoms. The van der Waals surface area contributed by atoms with Gasteiger partial charge in [0.15, 0.2) is 5.58 Å². The van der Waals surface area contributed by atoms with Crippen LogP contribution in [0.5, 0.6) is 0 Å². The molecular weight excluding hydrogens is 288 g/mol. The van der Waals surface area contributed by atoms with E-state index in [0.29, 0.717) is 18.3 Å². The van der Waals surface area contributed by atoms with Gasteiger partial charge in [-0.25, -0.2) is 4.98 Å². The topological polar surface area (TPSA) is 66.6 Å². The second kappa shape index (κ2) is 6.07. The molecule has 3 rings (SSSR count). The molecule has 1 amide bonds. The molecule has 5 nitrogen and oxygen atoms in total. The lowest BCUT2D eigenvalue weighted by molar-refractivity contribution is -0.132. The van der Waals surface area contributed by atoms with Gasteiger partial charge in [0.1, 0.15) is 5.52 Å². The number of carbonyl (C=O) groups excluding carboxylic acids is 1. The summed E-state index contributed by atoms with van der Waals surface area (Å²) in [6.07, 6.45) is 0.428. The van der Waals surface area contributed by atoms with Crippen molar-refractivity contribution in [3.8, 4) is 0 Å². The monoisotopic (exact) mass is 306 g/mol. The predicted molar refractivity (Wildman–Crippen MR) is 81.1 cm³/mol. The first-order valence-electron chi connectivity index (χ1n) is 7.07. The molecular formula is C15H18N2O3S. The van der Waals surface area contributed by atoms with Gasteiger partial charge < -0.3 is 14.4 Å². The number of fused-ring (bicyclic) bond motifs is 1. The Morgan fingerprint density at radius 2 is 2.33 bits per heavy atom. The number of benzene rings is 1. The van der Waals surface area contributed by atoms with Gasteiger partial charge in [0.2, 0.25) is 5.91 Å². The third kappa shape index (κ3) is 3.22. The Hall–Kier alpha value is -1.53. The summed E-state index contributed by atoms with van der Waals surface area (Å²) in [5.74, 6) is 0.570. The molecule has 2 heterocycles. The van der Waals surface area contributed by atoms with Gasteiger partial charge in [-0.15, -0.1) is 0 Å². The Bertz CT molecular complexity index is 610. The van der Waals surface area contributed by atoms with Crippen LogP contribution in [0.2, 0.25) is 0 Å². The molecule has 1 aliphatic rings. The maximum Gasteiger partial charge on any atom is 0.257 e. The molecule has 6 heteroatoms. The van der Waals surface area contributed by atoms with Crippen molar-refractivity contribution in [2.75, 3.05) is 18.8 Å². The molecule has 0 saturated carbocycles. The fourth-order valence-electron chi connectivity index (χ4n) is 2.40. The van der Waals surface area contributed by atoms with E-state index in [2.05, 4.69) is 4.98 Å². The van der Waals surface area contributed by atoms with Crippen LogP contribution in [-0.4, -0.2) is 45.8 Å². The number of oxazole rings is 1. The van der Waals surface area contributed by atoms with Crippen LogP contribution in [0.3, 0.4) is 0 Å². The van der Waals surface area contributed by atoms with E-state index in [1.165, 1.54) is 11.8 Å². The standard InChI is InChI=1S/C15H18N2O3S/c1-10-6-7-17(8-12(10)18)14(19)9-21-15-16-11-4-2-3-5-13(11)20-15/h2-5,10,12,18H,6-9H2,1H3. The summed E-state index contributed by atoms with van der Waals surface area (Å²) < 4.78 is 5.58. The first-order valence-corrected chi connectivity index (χ1v) is 8.06. The van der Waals surface area contributed by atoms with Crippen LogP contribution >= 0.6 is 11.8 Å². The SMILES string of the molecule is CC1CCN(C(=O)CSc2nc3ccccc3o2)CC1O. The number of likely N-dealkylation sites (tertiary alicyclic amines) is 1. The predicted octanol–water partition coefficient (Wildman–Crippen LogP) is 2.15. The highest BCUT2D eigenvalue weighted by atomic mass is 32.2. The fourth-order valence-corrected chi connectivity index (χ4v) is 3.14. The van der Waals surface area contributed by atoms with Gasteiger partial charge in [-0.3, -0.25) is 4.79 Å². The zero-order valence-corrected chi connectivity index (χ0v) is 12.7. The number of aliphatic hydroxyl groups excluding tert-OH is 1.